The summed E-state index contributed by atoms with van der Waals surface area (Å²) in [5, 5.41) is 0. The van der Waals surface area contributed by atoms with Gasteiger partial charge in [0.05, 0.1) is 0 Å². The molecule has 1 aromatic rings. The monoisotopic (exact) mass is 510 g/mol. The number of aryl methyl sites for hydroxylation is 1. The lowest BCUT2D eigenvalue weighted by atomic mass is 9.89. The van der Waals surface area contributed by atoms with Gasteiger partial charge in [-0.3, -0.25) is 9.79 Å². The molecule has 0 aliphatic heterocycles. The lowest BCUT2D eigenvalue weighted by Crippen LogP contribution is -2.05. The van der Waals surface area contributed by atoms with Crippen LogP contribution in [0.5, 0.6) is 5.75 Å². The van der Waals surface area contributed by atoms with Crippen LogP contribution in [0.25, 0.3) is 0 Å². The highest BCUT2D eigenvalue weighted by Gasteiger charge is 2.21. The van der Waals surface area contributed by atoms with Crippen molar-refractivity contribution in [2.75, 3.05) is 0 Å². The van der Waals surface area contributed by atoms with E-state index < -0.39 is 7.82 Å². The number of unbranched alkanes of at least 4 members (excludes halogenated alkanes) is 15. The minimum absolute atomic E-state index is 0.402. The van der Waals surface area contributed by atoms with Gasteiger partial charge in [0.25, 0.3) is 0 Å². The zero-order valence-corrected chi connectivity index (χ0v) is 24.1. The summed E-state index contributed by atoms with van der Waals surface area (Å²) in [6.07, 6.45) is 25.2. The number of hydrogen-bond acceptors (Lipinski definition) is 2. The van der Waals surface area contributed by atoms with E-state index in [1.807, 2.05) is 6.07 Å². The van der Waals surface area contributed by atoms with Crippen molar-refractivity contribution >= 4 is 7.82 Å². The van der Waals surface area contributed by atoms with E-state index in [4.69, 9.17) is 4.52 Å². The summed E-state index contributed by atoms with van der Waals surface area (Å²) in [6, 6.07) is 3.90. The van der Waals surface area contributed by atoms with Crippen LogP contribution in [-0.2, 0) is 23.8 Å². The zero-order chi connectivity index (χ0) is 25.8. The van der Waals surface area contributed by atoms with Crippen molar-refractivity contribution < 1.29 is 18.9 Å². The van der Waals surface area contributed by atoms with Crippen LogP contribution in [0.1, 0.15) is 153 Å². The summed E-state index contributed by atoms with van der Waals surface area (Å²) < 4.78 is 16.9. The van der Waals surface area contributed by atoms with Gasteiger partial charge in [0.15, 0.2) is 0 Å². The quantitative estimate of drug-likeness (QED) is 0.114. The first-order chi connectivity index (χ1) is 16.9. The Morgan fingerprint density at radius 3 is 1.43 bits per heavy atom. The molecule has 0 aliphatic carbocycles. The fraction of sp³-hybridized carbons (Fsp3) is 0.800. The topological polar surface area (TPSA) is 66.8 Å². The lowest BCUT2D eigenvalue weighted by molar-refractivity contribution is 0.282. The third kappa shape index (κ3) is 15.8. The van der Waals surface area contributed by atoms with Crippen molar-refractivity contribution in [3.05, 3.63) is 28.8 Å². The van der Waals surface area contributed by atoms with E-state index >= 15 is 0 Å². The smallest absolute Gasteiger partial charge is 0.404 e. The average molecular weight is 511 g/mol. The molecule has 0 spiro atoms. The van der Waals surface area contributed by atoms with Gasteiger partial charge in [0.1, 0.15) is 5.75 Å². The SMILES string of the molecule is CCCCCCCCc1ccc(OP(=O)(O)O)c(CCCCCCCC)c1CCCCCCCC. The van der Waals surface area contributed by atoms with Gasteiger partial charge in [-0.25, -0.2) is 4.57 Å². The van der Waals surface area contributed by atoms with Crippen LogP contribution in [0.2, 0.25) is 0 Å². The van der Waals surface area contributed by atoms with Gasteiger partial charge < -0.3 is 4.52 Å². The van der Waals surface area contributed by atoms with Crippen molar-refractivity contribution in [3.63, 3.8) is 0 Å². The van der Waals surface area contributed by atoms with Crippen LogP contribution < -0.4 is 4.52 Å². The van der Waals surface area contributed by atoms with Gasteiger partial charge in [-0.2, -0.15) is 0 Å². The van der Waals surface area contributed by atoms with E-state index in [-0.39, 0.29) is 0 Å². The van der Waals surface area contributed by atoms with E-state index in [1.165, 1.54) is 107 Å². The molecule has 0 aromatic heterocycles. The van der Waals surface area contributed by atoms with Crippen LogP contribution in [0.4, 0.5) is 0 Å². The first kappa shape index (κ1) is 32.2. The summed E-state index contributed by atoms with van der Waals surface area (Å²) in [5.74, 6) is 0.402. The van der Waals surface area contributed by atoms with E-state index in [1.54, 1.807) is 0 Å². The molecular formula is C30H55O4P. The Morgan fingerprint density at radius 1 is 0.571 bits per heavy atom. The molecule has 0 radical (unpaired) electrons. The van der Waals surface area contributed by atoms with Crippen molar-refractivity contribution in [2.24, 2.45) is 0 Å². The molecule has 5 heteroatoms. The Hall–Kier alpha value is -0.830. The number of hydrogen-bond donors (Lipinski definition) is 2. The fourth-order valence-corrected chi connectivity index (χ4v) is 5.44. The number of rotatable bonds is 23. The van der Waals surface area contributed by atoms with Crippen molar-refractivity contribution in [3.8, 4) is 5.75 Å². The van der Waals surface area contributed by atoms with Crippen LogP contribution in [-0.4, -0.2) is 9.79 Å². The van der Waals surface area contributed by atoms with Gasteiger partial charge in [0.2, 0.25) is 0 Å². The summed E-state index contributed by atoms with van der Waals surface area (Å²) in [5.41, 5.74) is 3.74. The number of phosphoric ester groups is 1. The van der Waals surface area contributed by atoms with Crippen molar-refractivity contribution in [2.45, 2.75) is 156 Å². The number of phosphoric acid groups is 1. The van der Waals surface area contributed by atoms with E-state index in [2.05, 4.69) is 26.8 Å². The second kappa shape index (κ2) is 20.3. The second-order valence-electron chi connectivity index (χ2n) is 10.3. The normalized spacial score (nSPS) is 11.8. The van der Waals surface area contributed by atoms with Crippen LogP contribution in [0.3, 0.4) is 0 Å². The van der Waals surface area contributed by atoms with Crippen LogP contribution in [0.15, 0.2) is 12.1 Å². The van der Waals surface area contributed by atoms with Crippen LogP contribution in [0, 0.1) is 0 Å². The third-order valence-corrected chi connectivity index (χ3v) is 7.50. The maximum absolute atomic E-state index is 11.7. The lowest BCUT2D eigenvalue weighted by Gasteiger charge is -2.20. The molecule has 4 nitrogen and oxygen atoms in total. The van der Waals surface area contributed by atoms with Gasteiger partial charge >= 0.3 is 7.82 Å². The predicted octanol–water partition coefficient (Wildman–Crippen LogP) is 9.87. The van der Waals surface area contributed by atoms with Gasteiger partial charge in [0, 0.05) is 0 Å². The first-order valence-electron chi connectivity index (χ1n) is 14.8. The Kier molecular flexibility index (Phi) is 18.6. The molecule has 35 heavy (non-hydrogen) atoms. The average Bonchev–Trinajstić information content (AvgIpc) is 2.81. The second-order valence-corrected chi connectivity index (χ2v) is 11.5. The maximum Gasteiger partial charge on any atom is 0.524 e. The standard InChI is InChI=1S/C30H55O4P/c1-4-7-10-13-16-19-22-27-25-26-30(34-35(31,32)33)29(24-21-18-15-12-9-6-3)28(27)23-20-17-14-11-8-5-2/h25-26H,4-24H2,1-3H3,(H2,31,32,33). The molecule has 0 atom stereocenters. The Morgan fingerprint density at radius 2 is 0.971 bits per heavy atom. The molecular weight excluding hydrogens is 455 g/mol. The minimum Gasteiger partial charge on any atom is -0.404 e. The van der Waals surface area contributed by atoms with Gasteiger partial charge in [-0.05, 0) is 61.3 Å². The maximum atomic E-state index is 11.7. The highest BCUT2D eigenvalue weighted by atomic mass is 31.2. The Bertz CT molecular complexity index is 698. The molecule has 0 fully saturated rings. The van der Waals surface area contributed by atoms with Crippen molar-refractivity contribution in [1.29, 1.82) is 0 Å². The van der Waals surface area contributed by atoms with E-state index in [0.29, 0.717) is 5.75 Å². The molecule has 0 saturated carbocycles. The molecule has 0 unspecified atom stereocenters. The molecule has 204 valence electrons. The zero-order valence-electron chi connectivity index (χ0n) is 23.2. The summed E-state index contributed by atoms with van der Waals surface area (Å²) >= 11 is 0. The minimum atomic E-state index is -4.58. The molecule has 2 N–H and O–H groups in total. The highest BCUT2D eigenvalue weighted by Crippen LogP contribution is 2.41. The molecule has 1 aromatic carbocycles. The number of benzene rings is 1. The molecule has 0 saturated heterocycles. The molecule has 1 rings (SSSR count). The molecule has 0 aliphatic rings. The summed E-state index contributed by atoms with van der Waals surface area (Å²) in [4.78, 5) is 19.1. The summed E-state index contributed by atoms with van der Waals surface area (Å²) in [6.45, 7) is 6.73. The predicted molar refractivity (Wildman–Crippen MR) is 150 cm³/mol. The van der Waals surface area contributed by atoms with Gasteiger partial charge in [-0.1, -0.05) is 123 Å². The Balaban J connectivity index is 2.98. The third-order valence-electron chi connectivity index (χ3n) is 7.06. The van der Waals surface area contributed by atoms with E-state index in [9.17, 15) is 14.4 Å². The van der Waals surface area contributed by atoms with Crippen LogP contribution >= 0.6 is 7.82 Å². The van der Waals surface area contributed by atoms with E-state index in [0.717, 1.165) is 44.1 Å². The molecule has 0 amide bonds. The molecule has 0 bridgehead atoms. The largest absolute Gasteiger partial charge is 0.524 e. The first-order valence-corrected chi connectivity index (χ1v) is 16.3. The highest BCUT2D eigenvalue weighted by molar-refractivity contribution is 7.46. The van der Waals surface area contributed by atoms with Crippen molar-refractivity contribution in [1.82, 2.24) is 0 Å². The van der Waals surface area contributed by atoms with Gasteiger partial charge in [-0.15, -0.1) is 0 Å². The fourth-order valence-electron chi connectivity index (χ4n) is 5.01. The Labute approximate surface area is 216 Å². The summed E-state index contributed by atoms with van der Waals surface area (Å²) in [7, 11) is -4.58. The molecule has 0 heterocycles.